The summed E-state index contributed by atoms with van der Waals surface area (Å²) in [6, 6.07) is 0. The summed E-state index contributed by atoms with van der Waals surface area (Å²) in [5.74, 6) is 0.487. The maximum Gasteiger partial charge on any atom is 0.255 e. The van der Waals surface area contributed by atoms with Crippen LogP contribution < -0.4 is 10.6 Å². The molecule has 1 aliphatic rings. The Balaban J connectivity index is 2.55. The van der Waals surface area contributed by atoms with Crippen LogP contribution in [0.25, 0.3) is 0 Å². The van der Waals surface area contributed by atoms with Gasteiger partial charge in [0.2, 0.25) is 0 Å². The molecule has 0 unspecified atom stereocenters. The maximum atomic E-state index is 12.3. The molecule has 1 rings (SSSR count). The second-order valence-electron chi connectivity index (χ2n) is 5.62. The Morgan fingerprint density at radius 3 is 2.52 bits per heavy atom. The van der Waals surface area contributed by atoms with Gasteiger partial charge in [0.1, 0.15) is 0 Å². The number of nitrogens with zero attached hydrogens (tertiary/aromatic N) is 1. The van der Waals surface area contributed by atoms with E-state index in [0.717, 1.165) is 32.5 Å². The third kappa shape index (κ3) is 7.07. The van der Waals surface area contributed by atoms with Crippen LogP contribution in [0.5, 0.6) is 0 Å². The van der Waals surface area contributed by atoms with Gasteiger partial charge in [-0.3, -0.25) is 4.99 Å². The molecule has 0 amide bonds. The summed E-state index contributed by atoms with van der Waals surface area (Å²) >= 11 is 0. The first-order valence-corrected chi connectivity index (χ1v) is 8.00. The number of guanidine groups is 1. The first-order valence-electron chi connectivity index (χ1n) is 8.00. The van der Waals surface area contributed by atoms with E-state index in [0.29, 0.717) is 19.0 Å². The van der Waals surface area contributed by atoms with Gasteiger partial charge in [0.25, 0.3) is 6.43 Å². The minimum Gasteiger partial charge on any atom is -0.382 e. The second kappa shape index (κ2) is 9.92. The Bertz CT molecular complexity index is 305. The summed E-state index contributed by atoms with van der Waals surface area (Å²) < 4.78 is 30.1. The molecule has 1 fully saturated rings. The minimum atomic E-state index is -2.37. The van der Waals surface area contributed by atoms with Crippen molar-refractivity contribution in [2.75, 3.05) is 32.8 Å². The van der Waals surface area contributed by atoms with Crippen LogP contribution in [0.4, 0.5) is 8.78 Å². The van der Waals surface area contributed by atoms with Gasteiger partial charge in [0.15, 0.2) is 5.96 Å². The number of halogens is 2. The molecule has 0 aromatic carbocycles. The number of alkyl halides is 2. The van der Waals surface area contributed by atoms with Gasteiger partial charge in [-0.1, -0.05) is 12.8 Å². The Hall–Kier alpha value is -0.910. The monoisotopic (exact) mass is 305 g/mol. The van der Waals surface area contributed by atoms with Gasteiger partial charge in [-0.15, -0.1) is 0 Å². The van der Waals surface area contributed by atoms with Gasteiger partial charge >= 0.3 is 0 Å². The molecule has 0 atom stereocenters. The lowest BCUT2D eigenvalue weighted by atomic mass is 9.83. The molecule has 0 spiro atoms. The molecule has 0 radical (unpaired) electrons. The van der Waals surface area contributed by atoms with Gasteiger partial charge in [0, 0.05) is 26.3 Å². The third-order valence-corrected chi connectivity index (χ3v) is 3.99. The summed E-state index contributed by atoms with van der Waals surface area (Å²) in [4.78, 5) is 4.52. The van der Waals surface area contributed by atoms with Crippen molar-refractivity contribution in [3.8, 4) is 0 Å². The molecule has 0 saturated heterocycles. The van der Waals surface area contributed by atoms with E-state index in [1.54, 1.807) is 0 Å². The average molecular weight is 305 g/mol. The van der Waals surface area contributed by atoms with Crippen molar-refractivity contribution in [1.29, 1.82) is 0 Å². The van der Waals surface area contributed by atoms with Crippen LogP contribution >= 0.6 is 0 Å². The molecule has 2 N–H and O–H groups in total. The zero-order valence-corrected chi connectivity index (χ0v) is 13.3. The molecule has 21 heavy (non-hydrogen) atoms. The van der Waals surface area contributed by atoms with Crippen molar-refractivity contribution >= 4 is 5.96 Å². The topological polar surface area (TPSA) is 45.7 Å². The molecule has 0 aliphatic heterocycles. The largest absolute Gasteiger partial charge is 0.382 e. The average Bonchev–Trinajstić information content (AvgIpc) is 2.91. The van der Waals surface area contributed by atoms with E-state index in [4.69, 9.17) is 4.74 Å². The predicted octanol–water partition coefficient (Wildman–Crippen LogP) is 2.79. The van der Waals surface area contributed by atoms with Gasteiger partial charge in [-0.05, 0) is 38.5 Å². The van der Waals surface area contributed by atoms with Crippen molar-refractivity contribution < 1.29 is 13.5 Å². The van der Waals surface area contributed by atoms with Crippen LogP contribution in [-0.2, 0) is 4.74 Å². The SMILES string of the molecule is CCNC(=NCC1(CCOCC)CCCC1)NCC(F)F. The number of ether oxygens (including phenoxy) is 1. The van der Waals surface area contributed by atoms with Crippen molar-refractivity contribution in [2.24, 2.45) is 10.4 Å². The van der Waals surface area contributed by atoms with E-state index in [1.807, 2.05) is 13.8 Å². The predicted molar refractivity (Wildman–Crippen MR) is 82.0 cm³/mol. The van der Waals surface area contributed by atoms with Crippen molar-refractivity contribution in [3.63, 3.8) is 0 Å². The lowest BCUT2D eigenvalue weighted by molar-refractivity contribution is 0.107. The Kier molecular flexibility index (Phi) is 8.57. The Morgan fingerprint density at radius 1 is 1.24 bits per heavy atom. The number of hydrogen-bond donors (Lipinski definition) is 2. The molecular formula is C15H29F2N3O. The van der Waals surface area contributed by atoms with E-state index in [2.05, 4.69) is 15.6 Å². The number of nitrogens with one attached hydrogen (secondary N) is 2. The van der Waals surface area contributed by atoms with Crippen LogP contribution in [0.2, 0.25) is 0 Å². The third-order valence-electron chi connectivity index (χ3n) is 3.99. The fraction of sp³-hybridized carbons (Fsp3) is 0.933. The summed E-state index contributed by atoms with van der Waals surface area (Å²) in [6.45, 7) is 6.40. The van der Waals surface area contributed by atoms with Crippen molar-refractivity contribution in [2.45, 2.75) is 52.4 Å². The maximum absolute atomic E-state index is 12.3. The van der Waals surface area contributed by atoms with Gasteiger partial charge in [-0.25, -0.2) is 8.78 Å². The first kappa shape index (κ1) is 18.1. The molecule has 6 heteroatoms. The molecule has 0 heterocycles. The summed E-state index contributed by atoms with van der Waals surface area (Å²) in [6.07, 6.45) is 3.38. The highest BCUT2D eigenvalue weighted by molar-refractivity contribution is 5.79. The summed E-state index contributed by atoms with van der Waals surface area (Å²) in [5, 5.41) is 5.71. The van der Waals surface area contributed by atoms with Crippen LogP contribution in [-0.4, -0.2) is 45.2 Å². The van der Waals surface area contributed by atoms with Crippen LogP contribution in [0.3, 0.4) is 0 Å². The van der Waals surface area contributed by atoms with E-state index in [9.17, 15) is 8.78 Å². The lowest BCUT2D eigenvalue weighted by Gasteiger charge is -2.27. The zero-order valence-electron chi connectivity index (χ0n) is 13.3. The number of aliphatic imine (C=N–C) groups is 1. The standard InChI is InChI=1S/C15H29F2N3O/c1-3-18-14(19-11-13(16)17)20-12-15(7-5-6-8-15)9-10-21-4-2/h13H,3-12H2,1-2H3,(H2,18,19,20). The highest BCUT2D eigenvalue weighted by Gasteiger charge is 2.33. The molecule has 0 aromatic heterocycles. The molecule has 0 bridgehead atoms. The quantitative estimate of drug-likeness (QED) is 0.391. The van der Waals surface area contributed by atoms with Gasteiger partial charge < -0.3 is 15.4 Å². The molecule has 0 aromatic rings. The van der Waals surface area contributed by atoms with E-state index in [1.165, 1.54) is 12.8 Å². The van der Waals surface area contributed by atoms with Crippen LogP contribution in [0, 0.1) is 5.41 Å². The van der Waals surface area contributed by atoms with E-state index >= 15 is 0 Å². The zero-order chi connectivity index (χ0) is 15.6. The fourth-order valence-corrected chi connectivity index (χ4v) is 2.81. The number of hydrogen-bond acceptors (Lipinski definition) is 2. The van der Waals surface area contributed by atoms with Crippen molar-refractivity contribution in [1.82, 2.24) is 10.6 Å². The highest BCUT2D eigenvalue weighted by atomic mass is 19.3. The van der Waals surface area contributed by atoms with Gasteiger partial charge in [-0.2, -0.15) is 0 Å². The number of rotatable bonds is 9. The van der Waals surface area contributed by atoms with E-state index < -0.39 is 6.43 Å². The lowest BCUT2D eigenvalue weighted by Crippen LogP contribution is -2.40. The summed E-state index contributed by atoms with van der Waals surface area (Å²) in [5.41, 5.74) is 0.183. The van der Waals surface area contributed by atoms with Crippen LogP contribution in [0.1, 0.15) is 46.0 Å². The summed E-state index contributed by atoms with van der Waals surface area (Å²) in [7, 11) is 0. The van der Waals surface area contributed by atoms with Crippen molar-refractivity contribution in [3.05, 3.63) is 0 Å². The first-order chi connectivity index (χ1) is 10.1. The Morgan fingerprint density at radius 2 is 1.95 bits per heavy atom. The fourth-order valence-electron chi connectivity index (χ4n) is 2.81. The molecule has 124 valence electrons. The Labute approximate surface area is 126 Å². The normalized spacial score (nSPS) is 18.2. The van der Waals surface area contributed by atoms with Crippen LogP contribution in [0.15, 0.2) is 4.99 Å². The second-order valence-corrected chi connectivity index (χ2v) is 5.62. The minimum absolute atomic E-state index is 0.183. The molecule has 4 nitrogen and oxygen atoms in total. The van der Waals surface area contributed by atoms with E-state index in [-0.39, 0.29) is 12.0 Å². The molecular weight excluding hydrogens is 276 g/mol. The molecule has 1 aliphatic carbocycles. The van der Waals surface area contributed by atoms with Gasteiger partial charge in [0.05, 0.1) is 6.54 Å². The highest BCUT2D eigenvalue weighted by Crippen LogP contribution is 2.41. The molecule has 1 saturated carbocycles. The smallest absolute Gasteiger partial charge is 0.255 e.